The number of carbonyl (C=O) groups is 2. The van der Waals surface area contributed by atoms with Gasteiger partial charge in [0, 0.05) is 25.2 Å². The van der Waals surface area contributed by atoms with Crippen LogP contribution in [0.25, 0.3) is 0 Å². The van der Waals surface area contributed by atoms with Crippen LogP contribution in [0.1, 0.15) is 136 Å². The van der Waals surface area contributed by atoms with E-state index in [4.69, 9.17) is 23.8 Å². The Morgan fingerprint density at radius 3 is 2.07 bits per heavy atom. The highest BCUT2D eigenvalue weighted by atomic mass is 31.2. The van der Waals surface area contributed by atoms with Crippen LogP contribution in [-0.2, 0) is 41.8 Å². The highest BCUT2D eigenvalue weighted by Crippen LogP contribution is 2.44. The van der Waals surface area contributed by atoms with Gasteiger partial charge in [-0.1, -0.05) is 109 Å². The van der Waals surface area contributed by atoms with Crippen molar-refractivity contribution in [1.82, 2.24) is 0 Å². The summed E-state index contributed by atoms with van der Waals surface area (Å²) in [4.78, 5) is 52.7. The molecular formula is C39H72O16P2. The van der Waals surface area contributed by atoms with Crippen molar-refractivity contribution in [3.05, 3.63) is 24.3 Å². The van der Waals surface area contributed by atoms with E-state index in [1.807, 2.05) is 12.2 Å². The molecular weight excluding hydrogens is 786 g/mol. The fourth-order valence-corrected chi connectivity index (χ4v) is 7.47. The number of ether oxygens (including phenoxy) is 2. The maximum Gasteiger partial charge on any atom is 0.472 e. The summed E-state index contributed by atoms with van der Waals surface area (Å²) >= 11 is 0. The standard InChI is InChI=1S/C39H72O16P2/c1-4-6-13-19-31(40)23-24-35-34(36(42)25-37(35)43)20-15-11-12-17-22-39(45)55-33(29-54-57(49,50)53-27-32(41)26-52-56(46,47)48)28-51-38(44)21-16-10-8-7-9-14-18-30(3)5-2/h11,15,23-24,30-37,40-43H,4-10,12-14,16-22,25-29H2,1-3H3,(H,49,50)(H2,46,47,48)/b15-11+,24-23+/t30?,31-,32-,33+,34+,35+,36-,37+/m0/s1. The Balaban J connectivity index is 2.63. The number of carbonyl (C=O) groups excluding carboxylic acids is 2. The molecule has 0 aliphatic heterocycles. The first-order valence-corrected chi connectivity index (χ1v) is 23.7. The van der Waals surface area contributed by atoms with E-state index in [9.17, 15) is 44.0 Å². The first kappa shape index (κ1) is 53.5. The van der Waals surface area contributed by atoms with E-state index in [0.717, 1.165) is 50.9 Å². The molecule has 57 heavy (non-hydrogen) atoms. The summed E-state index contributed by atoms with van der Waals surface area (Å²) in [5.74, 6) is -1.01. The molecule has 2 unspecified atom stereocenters. The lowest BCUT2D eigenvalue weighted by Crippen LogP contribution is -2.29. The Hall–Kier alpha value is -1.52. The number of hydrogen-bond acceptors (Lipinski definition) is 13. The van der Waals surface area contributed by atoms with Crippen molar-refractivity contribution in [3.63, 3.8) is 0 Å². The van der Waals surface area contributed by atoms with Crippen molar-refractivity contribution < 1.29 is 76.9 Å². The monoisotopic (exact) mass is 858 g/mol. The number of aliphatic hydroxyl groups excluding tert-OH is 4. The third kappa shape index (κ3) is 27.8. The number of phosphoric ester groups is 2. The predicted molar refractivity (Wildman–Crippen MR) is 213 cm³/mol. The lowest BCUT2D eigenvalue weighted by molar-refractivity contribution is -0.161. The molecule has 0 aromatic rings. The van der Waals surface area contributed by atoms with Crippen LogP contribution in [0.5, 0.6) is 0 Å². The lowest BCUT2D eigenvalue weighted by atomic mass is 9.89. The second-order valence-corrected chi connectivity index (χ2v) is 17.8. The molecule has 0 heterocycles. The average molecular weight is 859 g/mol. The van der Waals surface area contributed by atoms with Crippen molar-refractivity contribution in [3.8, 4) is 0 Å². The molecule has 9 atom stereocenters. The van der Waals surface area contributed by atoms with E-state index in [1.54, 1.807) is 12.2 Å². The Labute approximate surface area is 339 Å². The number of unbranched alkanes of at least 4 members (excludes halogenated alkanes) is 8. The van der Waals surface area contributed by atoms with Gasteiger partial charge in [-0.05, 0) is 43.9 Å². The van der Waals surface area contributed by atoms with Crippen molar-refractivity contribution in [1.29, 1.82) is 0 Å². The minimum absolute atomic E-state index is 0.0444. The normalized spacial score (nSPS) is 22.1. The Kier molecular flexibility index (Phi) is 28.6. The van der Waals surface area contributed by atoms with Crippen molar-refractivity contribution in [2.24, 2.45) is 17.8 Å². The van der Waals surface area contributed by atoms with Gasteiger partial charge in [-0.25, -0.2) is 9.13 Å². The highest BCUT2D eigenvalue weighted by molar-refractivity contribution is 7.47. The zero-order valence-corrected chi connectivity index (χ0v) is 36.0. The average Bonchev–Trinajstić information content (AvgIpc) is 3.42. The first-order chi connectivity index (χ1) is 27.0. The van der Waals surface area contributed by atoms with E-state index in [1.165, 1.54) is 19.3 Å². The van der Waals surface area contributed by atoms with Gasteiger partial charge in [-0.3, -0.25) is 23.2 Å². The summed E-state index contributed by atoms with van der Waals surface area (Å²) in [6, 6.07) is 0. The molecule has 0 bridgehead atoms. The summed E-state index contributed by atoms with van der Waals surface area (Å²) in [6.07, 6.45) is 15.9. The molecule has 1 aliphatic rings. The fourth-order valence-electron chi connectivity index (χ4n) is 6.32. The van der Waals surface area contributed by atoms with Crippen LogP contribution in [0.2, 0.25) is 0 Å². The number of esters is 2. The molecule has 0 aromatic carbocycles. The Morgan fingerprint density at radius 1 is 0.754 bits per heavy atom. The van der Waals surface area contributed by atoms with Gasteiger partial charge in [0.1, 0.15) is 12.7 Å². The molecule has 16 nitrogen and oxygen atoms in total. The number of rotatable bonds is 34. The van der Waals surface area contributed by atoms with Gasteiger partial charge in [-0.15, -0.1) is 0 Å². The SMILES string of the molecule is CCCCC[C@H](O)/C=C/[C@@H]1[C@@H](C/C=C/CCCC(=O)O[C@H](COC(=O)CCCCCCCCC(C)CC)COP(=O)(O)OC[C@@H](O)COP(=O)(O)O)[C@@H](O)C[C@H]1O. The predicted octanol–water partition coefficient (Wildman–Crippen LogP) is 6.18. The zero-order valence-electron chi connectivity index (χ0n) is 34.2. The largest absolute Gasteiger partial charge is 0.472 e. The molecule has 1 saturated carbocycles. The molecule has 0 aromatic heterocycles. The van der Waals surface area contributed by atoms with Gasteiger partial charge in [0.05, 0.1) is 38.1 Å². The third-order valence-corrected chi connectivity index (χ3v) is 11.4. The van der Waals surface area contributed by atoms with Crippen LogP contribution in [0.15, 0.2) is 24.3 Å². The van der Waals surface area contributed by atoms with E-state index >= 15 is 0 Å². The fraction of sp³-hybridized carbons (Fsp3) is 0.846. The molecule has 0 spiro atoms. The van der Waals surface area contributed by atoms with Gasteiger partial charge >= 0.3 is 27.6 Å². The van der Waals surface area contributed by atoms with E-state index < -0.39 is 84.5 Å². The van der Waals surface area contributed by atoms with Gasteiger partial charge in [-0.2, -0.15) is 0 Å². The summed E-state index contributed by atoms with van der Waals surface area (Å²) < 4.78 is 47.6. The third-order valence-electron chi connectivity index (χ3n) is 9.94. The van der Waals surface area contributed by atoms with Crippen LogP contribution in [0.3, 0.4) is 0 Å². The number of allylic oxidation sites excluding steroid dienone is 2. The maximum absolute atomic E-state index is 12.7. The van der Waals surface area contributed by atoms with E-state index in [0.29, 0.717) is 32.1 Å². The van der Waals surface area contributed by atoms with Crippen LogP contribution in [0.4, 0.5) is 0 Å². The zero-order chi connectivity index (χ0) is 42.7. The summed E-state index contributed by atoms with van der Waals surface area (Å²) in [5, 5.41) is 41.0. The molecule has 1 fully saturated rings. The molecule has 1 aliphatic carbocycles. The molecule has 334 valence electrons. The van der Waals surface area contributed by atoms with Crippen LogP contribution in [0, 0.1) is 17.8 Å². The molecule has 7 N–H and O–H groups in total. The van der Waals surface area contributed by atoms with Gasteiger partial charge in [0.15, 0.2) is 6.10 Å². The highest BCUT2D eigenvalue weighted by Gasteiger charge is 2.39. The summed E-state index contributed by atoms with van der Waals surface area (Å²) in [5.41, 5.74) is 0. The first-order valence-electron chi connectivity index (χ1n) is 20.7. The lowest BCUT2D eigenvalue weighted by Gasteiger charge is -2.20. The Morgan fingerprint density at radius 2 is 1.39 bits per heavy atom. The number of phosphoric acid groups is 2. The quantitative estimate of drug-likeness (QED) is 0.0165. The summed E-state index contributed by atoms with van der Waals surface area (Å²) in [6.45, 7) is 3.60. The topological polar surface area (TPSA) is 256 Å². The van der Waals surface area contributed by atoms with Crippen molar-refractivity contribution >= 4 is 27.6 Å². The molecule has 18 heteroatoms. The van der Waals surface area contributed by atoms with Gasteiger partial charge in [0.25, 0.3) is 0 Å². The van der Waals surface area contributed by atoms with Gasteiger partial charge < -0.3 is 44.6 Å². The minimum atomic E-state index is -4.89. The van der Waals surface area contributed by atoms with Crippen LogP contribution < -0.4 is 0 Å². The minimum Gasteiger partial charge on any atom is -0.462 e. The smallest absolute Gasteiger partial charge is 0.462 e. The van der Waals surface area contributed by atoms with Crippen molar-refractivity contribution in [2.75, 3.05) is 26.4 Å². The molecule has 0 radical (unpaired) electrons. The second kappa shape index (κ2) is 30.5. The van der Waals surface area contributed by atoms with E-state index in [2.05, 4.69) is 29.8 Å². The molecule has 0 amide bonds. The number of hydrogen-bond donors (Lipinski definition) is 7. The van der Waals surface area contributed by atoms with E-state index in [-0.39, 0.29) is 31.1 Å². The van der Waals surface area contributed by atoms with Crippen LogP contribution in [-0.4, -0.2) is 104 Å². The number of aliphatic hydroxyl groups is 4. The van der Waals surface area contributed by atoms with Gasteiger partial charge in [0.2, 0.25) is 0 Å². The van der Waals surface area contributed by atoms with Crippen molar-refractivity contribution in [2.45, 2.75) is 167 Å². The second-order valence-electron chi connectivity index (χ2n) is 15.1. The maximum atomic E-state index is 12.7. The Bertz CT molecular complexity index is 1240. The molecule has 0 saturated heterocycles. The van der Waals surface area contributed by atoms with Crippen LogP contribution >= 0.6 is 15.6 Å². The molecule has 1 rings (SSSR count). The summed E-state index contributed by atoms with van der Waals surface area (Å²) in [7, 11) is -9.76.